The van der Waals surface area contributed by atoms with Gasteiger partial charge >= 0.3 is 0 Å². The number of aromatic hydroxyl groups is 2. The second-order valence-electron chi connectivity index (χ2n) is 5.89. The molecule has 0 spiro atoms. The van der Waals surface area contributed by atoms with E-state index in [4.69, 9.17) is 67.2 Å². The second-order valence-corrected chi connectivity index (χ2v) is 7.78. The van der Waals surface area contributed by atoms with E-state index in [0.717, 1.165) is 6.07 Å². The summed E-state index contributed by atoms with van der Waals surface area (Å²) in [6, 6.07) is 6.94. The third kappa shape index (κ3) is 4.82. The molecule has 1 heterocycles. The summed E-state index contributed by atoms with van der Waals surface area (Å²) in [6.45, 7) is -0.0474. The number of hydrogen-bond donors (Lipinski definition) is 2. The third-order valence-electron chi connectivity index (χ3n) is 3.86. The van der Waals surface area contributed by atoms with E-state index in [9.17, 15) is 15.0 Å². The summed E-state index contributed by atoms with van der Waals surface area (Å²) in [5, 5.41) is 19.1. The highest BCUT2D eigenvalue weighted by Gasteiger charge is 2.21. The molecule has 1 aromatic heterocycles. The minimum absolute atomic E-state index is 0.0156. The molecule has 10 heteroatoms. The number of ketones is 1. The molecule has 0 saturated heterocycles. The van der Waals surface area contributed by atoms with Crippen molar-refractivity contribution in [2.24, 2.45) is 0 Å². The van der Waals surface area contributed by atoms with Crippen molar-refractivity contribution in [3.05, 3.63) is 78.6 Å². The average molecular weight is 509 g/mol. The first-order chi connectivity index (χ1) is 14.2. The van der Waals surface area contributed by atoms with Gasteiger partial charge in [-0.05, 0) is 36.4 Å². The smallest absolute Gasteiger partial charge is 0.189 e. The Labute approximate surface area is 195 Å². The van der Waals surface area contributed by atoms with Crippen molar-refractivity contribution < 1.29 is 24.2 Å². The zero-order chi connectivity index (χ0) is 22.0. The van der Waals surface area contributed by atoms with Gasteiger partial charge in [0, 0.05) is 6.07 Å². The maximum Gasteiger partial charge on any atom is 0.189 e. The number of rotatable bonds is 6. The van der Waals surface area contributed by atoms with Crippen LogP contribution in [0.3, 0.4) is 0 Å². The van der Waals surface area contributed by atoms with Crippen LogP contribution in [0.2, 0.25) is 25.1 Å². The zero-order valence-electron chi connectivity index (χ0n) is 14.8. The first-order valence-corrected chi connectivity index (χ1v) is 10.1. The summed E-state index contributed by atoms with van der Waals surface area (Å²) in [7, 11) is 0. The Morgan fingerprint density at radius 1 is 0.933 bits per heavy atom. The Kier molecular flexibility index (Phi) is 7.11. The van der Waals surface area contributed by atoms with Gasteiger partial charge in [-0.15, -0.1) is 0 Å². The predicted molar refractivity (Wildman–Crippen MR) is 118 cm³/mol. The second kappa shape index (κ2) is 9.41. The lowest BCUT2D eigenvalue weighted by atomic mass is 10.1. The monoisotopic (exact) mass is 506 g/mol. The molecular formula is C20H11Cl5O5. The van der Waals surface area contributed by atoms with Crippen molar-refractivity contribution >= 4 is 69.9 Å². The van der Waals surface area contributed by atoms with Gasteiger partial charge in [0.2, 0.25) is 0 Å². The van der Waals surface area contributed by atoms with Gasteiger partial charge in [0.05, 0.1) is 20.6 Å². The van der Waals surface area contributed by atoms with Crippen LogP contribution in [0, 0.1) is 0 Å². The van der Waals surface area contributed by atoms with Crippen molar-refractivity contribution in [3.8, 4) is 17.2 Å². The number of phenols is 2. The van der Waals surface area contributed by atoms with Crippen LogP contribution in [0.5, 0.6) is 17.2 Å². The molecule has 0 unspecified atom stereocenters. The lowest BCUT2D eigenvalue weighted by molar-refractivity contribution is 0.104. The number of carbonyl (C=O) groups is 1. The summed E-state index contributed by atoms with van der Waals surface area (Å²) < 4.78 is 11.1. The summed E-state index contributed by atoms with van der Waals surface area (Å²) in [5.41, 5.74) is 0.0416. The molecule has 3 rings (SSSR count). The molecule has 0 bridgehead atoms. The van der Waals surface area contributed by atoms with Gasteiger partial charge in [-0.3, -0.25) is 4.79 Å². The van der Waals surface area contributed by atoms with Crippen molar-refractivity contribution in [1.82, 2.24) is 0 Å². The molecule has 0 aliphatic carbocycles. The maximum atomic E-state index is 12.2. The number of hydrogen-bond acceptors (Lipinski definition) is 5. The van der Waals surface area contributed by atoms with E-state index in [1.807, 2.05) is 0 Å². The molecule has 0 saturated carbocycles. The lowest BCUT2D eigenvalue weighted by Gasteiger charge is -2.12. The molecule has 30 heavy (non-hydrogen) atoms. The number of carbonyl (C=O) groups excluding carboxylic acids is 1. The highest BCUT2D eigenvalue weighted by Crippen LogP contribution is 2.48. The van der Waals surface area contributed by atoms with Crippen molar-refractivity contribution in [2.45, 2.75) is 6.61 Å². The molecule has 5 nitrogen and oxygen atoms in total. The predicted octanol–water partition coefficient (Wildman–Crippen LogP) is 7.43. The van der Waals surface area contributed by atoms with Crippen molar-refractivity contribution in [1.29, 1.82) is 0 Å². The minimum Gasteiger partial charge on any atom is -0.508 e. The van der Waals surface area contributed by atoms with E-state index >= 15 is 0 Å². The normalized spacial score (nSPS) is 11.2. The highest BCUT2D eigenvalue weighted by atomic mass is 35.5. The van der Waals surface area contributed by atoms with Crippen LogP contribution in [0.15, 0.2) is 40.8 Å². The van der Waals surface area contributed by atoms with Crippen LogP contribution < -0.4 is 4.74 Å². The number of allylic oxidation sites excluding steroid dienone is 1. The van der Waals surface area contributed by atoms with E-state index < -0.39 is 5.78 Å². The van der Waals surface area contributed by atoms with Crippen LogP contribution in [-0.2, 0) is 6.61 Å². The summed E-state index contributed by atoms with van der Waals surface area (Å²) in [6.07, 6.45) is 2.65. The van der Waals surface area contributed by atoms with Gasteiger partial charge in [0.25, 0.3) is 0 Å². The van der Waals surface area contributed by atoms with E-state index in [1.54, 1.807) is 12.1 Å². The summed E-state index contributed by atoms with van der Waals surface area (Å²) in [5.74, 6) is -0.109. The SMILES string of the molecule is O=C(/C=C/c1ccc(COc2c(Cl)c(Cl)c(Cl)c(Cl)c2Cl)o1)c1ccc(O)cc1O. The van der Waals surface area contributed by atoms with E-state index in [1.165, 1.54) is 24.3 Å². The molecule has 3 aromatic rings. The average Bonchev–Trinajstić information content (AvgIpc) is 3.17. The topological polar surface area (TPSA) is 79.9 Å². The molecular weight excluding hydrogens is 497 g/mol. The number of halogens is 5. The minimum atomic E-state index is -0.467. The fourth-order valence-corrected chi connectivity index (χ4v) is 3.62. The van der Waals surface area contributed by atoms with E-state index in [0.29, 0.717) is 11.5 Å². The fraction of sp³-hybridized carbons (Fsp3) is 0.0500. The van der Waals surface area contributed by atoms with Crippen LogP contribution >= 0.6 is 58.0 Å². The van der Waals surface area contributed by atoms with Crippen LogP contribution in [0.1, 0.15) is 21.9 Å². The quantitative estimate of drug-likeness (QED) is 0.157. The molecule has 0 amide bonds. The Morgan fingerprint density at radius 3 is 2.20 bits per heavy atom. The standard InChI is InChI=1S/C20H11Cl5O5/c21-15-16(22)18(24)20(19(25)17(15)23)29-8-11-3-2-10(30-11)4-6-13(27)12-5-1-9(26)7-14(12)28/h1-7,26,28H,8H2/b6-4+. The molecule has 2 aromatic carbocycles. The molecule has 0 aliphatic heterocycles. The van der Waals surface area contributed by atoms with Crippen molar-refractivity contribution in [2.75, 3.05) is 0 Å². The van der Waals surface area contributed by atoms with Crippen LogP contribution in [0.25, 0.3) is 6.08 Å². The van der Waals surface area contributed by atoms with Crippen LogP contribution in [0.4, 0.5) is 0 Å². The van der Waals surface area contributed by atoms with Gasteiger partial charge in [0.15, 0.2) is 11.5 Å². The zero-order valence-corrected chi connectivity index (χ0v) is 18.5. The van der Waals surface area contributed by atoms with Gasteiger partial charge in [-0.2, -0.15) is 0 Å². The fourth-order valence-electron chi connectivity index (χ4n) is 2.39. The Bertz CT molecular complexity index is 1120. The van der Waals surface area contributed by atoms with Crippen LogP contribution in [-0.4, -0.2) is 16.0 Å². The molecule has 0 radical (unpaired) electrons. The highest BCUT2D eigenvalue weighted by molar-refractivity contribution is 6.55. The number of furan rings is 1. The molecule has 0 aliphatic rings. The summed E-state index contributed by atoms with van der Waals surface area (Å²) in [4.78, 5) is 12.2. The maximum absolute atomic E-state index is 12.2. The first kappa shape index (κ1) is 22.7. The molecule has 0 atom stereocenters. The molecule has 2 N–H and O–H groups in total. The van der Waals surface area contributed by atoms with Gasteiger partial charge in [-0.25, -0.2) is 0 Å². The number of benzene rings is 2. The van der Waals surface area contributed by atoms with Gasteiger partial charge in [0.1, 0.15) is 39.7 Å². The Morgan fingerprint density at radius 2 is 1.57 bits per heavy atom. The van der Waals surface area contributed by atoms with Gasteiger partial charge < -0.3 is 19.4 Å². The number of phenolic OH excluding ortho intramolecular Hbond substituents is 2. The van der Waals surface area contributed by atoms with E-state index in [2.05, 4.69) is 0 Å². The third-order valence-corrected chi connectivity index (χ3v) is 6.10. The number of ether oxygens (including phenoxy) is 1. The Hall–Kier alpha value is -2.02. The van der Waals surface area contributed by atoms with E-state index in [-0.39, 0.29) is 54.5 Å². The Balaban J connectivity index is 1.70. The lowest BCUT2D eigenvalue weighted by Crippen LogP contribution is -1.96. The largest absolute Gasteiger partial charge is 0.508 e. The first-order valence-electron chi connectivity index (χ1n) is 8.16. The molecule has 156 valence electrons. The van der Waals surface area contributed by atoms with Crippen molar-refractivity contribution in [3.63, 3.8) is 0 Å². The summed E-state index contributed by atoms with van der Waals surface area (Å²) >= 11 is 30.2. The molecule has 0 fully saturated rings. The van der Waals surface area contributed by atoms with Gasteiger partial charge in [-0.1, -0.05) is 58.0 Å².